The number of carbonyl (C=O) groups is 1. The smallest absolute Gasteiger partial charge is 0.249 e. The Morgan fingerprint density at radius 2 is 2.20 bits per heavy atom. The molecule has 0 unspecified atom stereocenters. The first-order valence-electron chi connectivity index (χ1n) is 6.09. The van der Waals surface area contributed by atoms with Gasteiger partial charge in [0.25, 0.3) is 0 Å². The van der Waals surface area contributed by atoms with Gasteiger partial charge in [0.2, 0.25) is 5.91 Å². The zero-order chi connectivity index (χ0) is 14.4. The van der Waals surface area contributed by atoms with E-state index in [0.29, 0.717) is 11.4 Å². The summed E-state index contributed by atoms with van der Waals surface area (Å²) in [5.74, 6) is 0.250. The summed E-state index contributed by atoms with van der Waals surface area (Å²) in [6.45, 7) is 1.93. The van der Waals surface area contributed by atoms with Gasteiger partial charge in [0.05, 0.1) is 11.6 Å². The summed E-state index contributed by atoms with van der Waals surface area (Å²) < 4.78 is 0. The Morgan fingerprint density at radius 3 is 2.90 bits per heavy atom. The van der Waals surface area contributed by atoms with Gasteiger partial charge in [-0.25, -0.2) is 4.98 Å². The molecule has 1 aromatic carbocycles. The van der Waals surface area contributed by atoms with Crippen molar-refractivity contribution in [1.82, 2.24) is 4.98 Å². The molecule has 0 bridgehead atoms. The molecule has 0 fully saturated rings. The summed E-state index contributed by atoms with van der Waals surface area (Å²) >= 11 is 0. The Labute approximate surface area is 117 Å². The van der Waals surface area contributed by atoms with E-state index in [4.69, 9.17) is 5.26 Å². The number of nitriles is 1. The molecule has 4 nitrogen and oxygen atoms in total. The van der Waals surface area contributed by atoms with Crippen LogP contribution in [0.25, 0.3) is 6.08 Å². The van der Waals surface area contributed by atoms with E-state index < -0.39 is 0 Å². The number of aryl methyl sites for hydroxylation is 1. The molecule has 0 aliphatic heterocycles. The highest BCUT2D eigenvalue weighted by Crippen LogP contribution is 2.07. The summed E-state index contributed by atoms with van der Waals surface area (Å²) in [5, 5.41) is 11.5. The lowest BCUT2D eigenvalue weighted by atomic mass is 10.1. The molecule has 2 aromatic rings. The molecule has 0 saturated carbocycles. The minimum Gasteiger partial charge on any atom is -0.307 e. The standard InChI is InChI=1S/C16H13N3O/c1-12-5-7-15(18-11-12)19-16(20)8-6-13-3-2-4-14(9-13)10-17/h2-9,11H,1H3,(H,18,19,20)/b8-6-. The maximum Gasteiger partial charge on any atom is 0.249 e. The van der Waals surface area contributed by atoms with Gasteiger partial charge in [-0.15, -0.1) is 0 Å². The van der Waals surface area contributed by atoms with Crippen molar-refractivity contribution < 1.29 is 4.79 Å². The van der Waals surface area contributed by atoms with Crippen LogP contribution in [0.1, 0.15) is 16.7 Å². The number of anilines is 1. The van der Waals surface area contributed by atoms with Crippen LogP contribution in [-0.4, -0.2) is 10.9 Å². The fourth-order valence-corrected chi connectivity index (χ4v) is 1.59. The van der Waals surface area contributed by atoms with E-state index in [0.717, 1.165) is 11.1 Å². The largest absolute Gasteiger partial charge is 0.307 e. The van der Waals surface area contributed by atoms with E-state index in [1.165, 1.54) is 6.08 Å². The number of benzene rings is 1. The maximum atomic E-state index is 11.7. The predicted molar refractivity (Wildman–Crippen MR) is 77.8 cm³/mol. The zero-order valence-corrected chi connectivity index (χ0v) is 11.0. The molecule has 0 aliphatic rings. The van der Waals surface area contributed by atoms with E-state index in [9.17, 15) is 4.79 Å². The Hall–Kier alpha value is -2.93. The second-order valence-electron chi connectivity index (χ2n) is 4.28. The fraction of sp³-hybridized carbons (Fsp3) is 0.0625. The number of amides is 1. The lowest BCUT2D eigenvalue weighted by Gasteiger charge is -2.01. The first-order valence-corrected chi connectivity index (χ1v) is 6.09. The summed E-state index contributed by atoms with van der Waals surface area (Å²) in [6.07, 6.45) is 4.76. The van der Waals surface area contributed by atoms with Crippen molar-refractivity contribution in [2.24, 2.45) is 0 Å². The number of hydrogen-bond donors (Lipinski definition) is 1. The lowest BCUT2D eigenvalue weighted by Crippen LogP contribution is -2.08. The molecule has 0 atom stereocenters. The van der Waals surface area contributed by atoms with Crippen LogP contribution in [0.15, 0.2) is 48.7 Å². The third-order valence-electron chi connectivity index (χ3n) is 2.61. The molecule has 1 N–H and O–H groups in total. The molecule has 0 radical (unpaired) electrons. The number of nitrogens with zero attached hydrogens (tertiary/aromatic N) is 2. The van der Waals surface area contributed by atoms with E-state index >= 15 is 0 Å². The molecule has 4 heteroatoms. The zero-order valence-electron chi connectivity index (χ0n) is 11.0. The summed E-state index contributed by atoms with van der Waals surface area (Å²) in [5.41, 5.74) is 2.40. The molecule has 0 spiro atoms. The SMILES string of the molecule is Cc1ccc(NC(=O)/C=C\c2cccc(C#N)c2)nc1. The van der Waals surface area contributed by atoms with E-state index in [1.807, 2.05) is 19.1 Å². The predicted octanol–water partition coefficient (Wildman–Crippen LogP) is 2.91. The fourth-order valence-electron chi connectivity index (χ4n) is 1.59. The molecule has 1 aromatic heterocycles. The third-order valence-corrected chi connectivity index (χ3v) is 2.61. The number of pyridine rings is 1. The van der Waals surface area contributed by atoms with Gasteiger partial charge in [0, 0.05) is 12.3 Å². The van der Waals surface area contributed by atoms with E-state index in [-0.39, 0.29) is 5.91 Å². The first-order chi connectivity index (χ1) is 9.67. The minimum absolute atomic E-state index is 0.260. The van der Waals surface area contributed by atoms with Gasteiger partial charge >= 0.3 is 0 Å². The van der Waals surface area contributed by atoms with Crippen molar-refractivity contribution in [2.45, 2.75) is 6.92 Å². The topological polar surface area (TPSA) is 65.8 Å². The average molecular weight is 263 g/mol. The number of rotatable bonds is 3. The third kappa shape index (κ3) is 3.79. The van der Waals surface area contributed by atoms with E-state index in [1.54, 1.807) is 36.5 Å². The highest BCUT2D eigenvalue weighted by molar-refractivity contribution is 6.01. The molecule has 0 saturated heterocycles. The monoisotopic (exact) mass is 263 g/mol. The maximum absolute atomic E-state index is 11.7. The van der Waals surface area contributed by atoms with Crippen molar-refractivity contribution in [1.29, 1.82) is 5.26 Å². The Bertz CT molecular complexity index is 682. The minimum atomic E-state index is -0.260. The molecule has 1 heterocycles. The van der Waals surface area contributed by atoms with Gasteiger partial charge in [0.1, 0.15) is 5.82 Å². The van der Waals surface area contributed by atoms with Crippen LogP contribution in [0.5, 0.6) is 0 Å². The molecule has 2 rings (SSSR count). The van der Waals surface area contributed by atoms with Crippen molar-refractivity contribution in [2.75, 3.05) is 5.32 Å². The van der Waals surface area contributed by atoms with Crippen LogP contribution in [0.4, 0.5) is 5.82 Å². The quantitative estimate of drug-likeness (QED) is 0.866. The molecule has 0 aliphatic carbocycles. The van der Waals surface area contributed by atoms with Gasteiger partial charge in [-0.2, -0.15) is 5.26 Å². The number of carbonyl (C=O) groups excluding carboxylic acids is 1. The average Bonchev–Trinajstić information content (AvgIpc) is 2.48. The Balaban J connectivity index is 2.02. The summed E-state index contributed by atoms with van der Waals surface area (Å²) in [7, 11) is 0. The van der Waals surface area contributed by atoms with Crippen molar-refractivity contribution in [3.05, 3.63) is 65.4 Å². The van der Waals surface area contributed by atoms with Gasteiger partial charge in [-0.1, -0.05) is 18.2 Å². The van der Waals surface area contributed by atoms with Crippen LogP contribution >= 0.6 is 0 Å². The van der Waals surface area contributed by atoms with Crippen LogP contribution in [0.3, 0.4) is 0 Å². The van der Waals surface area contributed by atoms with Crippen LogP contribution in [0.2, 0.25) is 0 Å². The van der Waals surface area contributed by atoms with Crippen molar-refractivity contribution in [3.63, 3.8) is 0 Å². The molecule has 20 heavy (non-hydrogen) atoms. The highest BCUT2D eigenvalue weighted by atomic mass is 16.1. The van der Waals surface area contributed by atoms with Gasteiger partial charge in [-0.05, 0) is 42.3 Å². The Kier molecular flexibility index (Phi) is 4.25. The Morgan fingerprint density at radius 1 is 1.35 bits per heavy atom. The van der Waals surface area contributed by atoms with Crippen LogP contribution in [-0.2, 0) is 4.79 Å². The van der Waals surface area contributed by atoms with Crippen LogP contribution in [0, 0.1) is 18.3 Å². The second-order valence-corrected chi connectivity index (χ2v) is 4.28. The van der Waals surface area contributed by atoms with Crippen molar-refractivity contribution >= 4 is 17.8 Å². The molecule has 1 amide bonds. The number of aromatic nitrogens is 1. The normalized spacial score (nSPS) is 10.2. The van der Waals surface area contributed by atoms with Gasteiger partial charge < -0.3 is 5.32 Å². The lowest BCUT2D eigenvalue weighted by molar-refractivity contribution is -0.111. The number of hydrogen-bond acceptors (Lipinski definition) is 3. The first kappa shape index (κ1) is 13.5. The molecule has 98 valence electrons. The van der Waals surface area contributed by atoms with Gasteiger partial charge in [0.15, 0.2) is 0 Å². The van der Waals surface area contributed by atoms with Crippen LogP contribution < -0.4 is 5.32 Å². The summed E-state index contributed by atoms with van der Waals surface area (Å²) in [4.78, 5) is 15.8. The number of nitrogens with one attached hydrogen (secondary N) is 1. The molecular formula is C16H13N3O. The van der Waals surface area contributed by atoms with Crippen molar-refractivity contribution in [3.8, 4) is 6.07 Å². The summed E-state index contributed by atoms with van der Waals surface area (Å²) in [6, 6.07) is 12.7. The highest BCUT2D eigenvalue weighted by Gasteiger charge is 1.98. The second kappa shape index (κ2) is 6.30. The van der Waals surface area contributed by atoms with E-state index in [2.05, 4.69) is 16.4 Å². The van der Waals surface area contributed by atoms with Gasteiger partial charge in [-0.3, -0.25) is 4.79 Å². The molecular weight excluding hydrogens is 250 g/mol.